The molecular formula is C14H22BrN3. The van der Waals surface area contributed by atoms with Gasteiger partial charge < -0.3 is 15.5 Å². The zero-order valence-corrected chi connectivity index (χ0v) is 12.6. The van der Waals surface area contributed by atoms with Crippen LogP contribution in [0.25, 0.3) is 0 Å². The number of hydrogen-bond acceptors (Lipinski definition) is 3. The van der Waals surface area contributed by atoms with Crippen molar-refractivity contribution in [2.24, 2.45) is 0 Å². The van der Waals surface area contributed by atoms with Crippen molar-refractivity contribution in [2.45, 2.75) is 19.4 Å². The molecule has 0 amide bonds. The van der Waals surface area contributed by atoms with Gasteiger partial charge in [-0.25, -0.2) is 0 Å². The Bertz CT molecular complexity index is 389. The van der Waals surface area contributed by atoms with Crippen LogP contribution in [-0.2, 0) is 6.54 Å². The molecule has 0 atom stereocenters. The molecule has 0 saturated carbocycles. The minimum absolute atomic E-state index is 0.820. The highest BCUT2D eigenvalue weighted by Gasteiger charge is 2.12. The van der Waals surface area contributed by atoms with E-state index in [2.05, 4.69) is 38.8 Å². The molecule has 18 heavy (non-hydrogen) atoms. The maximum atomic E-state index is 5.90. The third kappa shape index (κ3) is 3.70. The van der Waals surface area contributed by atoms with Gasteiger partial charge in [-0.05, 0) is 60.5 Å². The smallest absolute Gasteiger partial charge is 0.0461 e. The Hall–Kier alpha value is -0.580. The van der Waals surface area contributed by atoms with Crippen LogP contribution < -0.4 is 5.73 Å². The largest absolute Gasteiger partial charge is 0.398 e. The van der Waals surface area contributed by atoms with Crippen LogP contribution in [0, 0.1) is 0 Å². The molecule has 0 aromatic heterocycles. The summed E-state index contributed by atoms with van der Waals surface area (Å²) in [5, 5.41) is 0. The van der Waals surface area contributed by atoms with Gasteiger partial charge in [0.15, 0.2) is 0 Å². The Balaban J connectivity index is 1.82. The number of nitrogens with two attached hydrogens (primary N) is 1. The van der Waals surface area contributed by atoms with E-state index in [9.17, 15) is 0 Å². The number of nitrogens with zero attached hydrogens (tertiary/aromatic N) is 2. The average Bonchev–Trinajstić information content (AvgIpc) is 2.86. The van der Waals surface area contributed by atoms with Crippen molar-refractivity contribution >= 4 is 21.6 Å². The van der Waals surface area contributed by atoms with E-state index in [4.69, 9.17) is 5.73 Å². The van der Waals surface area contributed by atoms with Crippen molar-refractivity contribution in [2.75, 3.05) is 39.0 Å². The van der Waals surface area contributed by atoms with E-state index in [0.717, 1.165) is 23.2 Å². The summed E-state index contributed by atoms with van der Waals surface area (Å²) in [5.74, 6) is 0. The SMILES string of the molecule is CN(CCN1CCCC1)Cc1cccc(N)c1Br. The first-order chi connectivity index (χ1) is 8.66. The molecule has 1 aliphatic rings. The molecule has 1 aliphatic heterocycles. The van der Waals surface area contributed by atoms with Gasteiger partial charge in [0.2, 0.25) is 0 Å². The molecule has 1 heterocycles. The monoisotopic (exact) mass is 311 g/mol. The van der Waals surface area contributed by atoms with Crippen molar-refractivity contribution in [3.05, 3.63) is 28.2 Å². The molecule has 0 aliphatic carbocycles. The molecule has 0 unspecified atom stereocenters. The van der Waals surface area contributed by atoms with Gasteiger partial charge >= 0.3 is 0 Å². The third-order valence-corrected chi connectivity index (χ3v) is 4.51. The summed E-state index contributed by atoms with van der Waals surface area (Å²) in [6.45, 7) is 5.78. The predicted molar refractivity (Wildman–Crippen MR) is 80.6 cm³/mol. The highest BCUT2D eigenvalue weighted by Crippen LogP contribution is 2.24. The molecule has 0 bridgehead atoms. The number of halogens is 1. The first-order valence-electron chi connectivity index (χ1n) is 6.60. The second-order valence-electron chi connectivity index (χ2n) is 5.11. The number of anilines is 1. The lowest BCUT2D eigenvalue weighted by Crippen LogP contribution is -2.31. The Kier molecular flexibility index (Phi) is 5.03. The zero-order valence-electron chi connectivity index (χ0n) is 11.0. The summed E-state index contributed by atoms with van der Waals surface area (Å²) in [6, 6.07) is 6.08. The maximum absolute atomic E-state index is 5.90. The standard InChI is InChI=1S/C14H22BrN3/c1-17(9-10-18-7-2-3-8-18)11-12-5-4-6-13(16)14(12)15/h4-6H,2-3,7-11,16H2,1H3. The fraction of sp³-hybridized carbons (Fsp3) is 0.571. The van der Waals surface area contributed by atoms with E-state index in [0.29, 0.717) is 0 Å². The molecular weight excluding hydrogens is 290 g/mol. The fourth-order valence-electron chi connectivity index (χ4n) is 2.41. The van der Waals surface area contributed by atoms with Crippen LogP contribution in [0.2, 0.25) is 0 Å². The van der Waals surface area contributed by atoms with Gasteiger partial charge in [-0.1, -0.05) is 12.1 Å². The van der Waals surface area contributed by atoms with Crippen molar-refractivity contribution in [1.29, 1.82) is 0 Å². The summed E-state index contributed by atoms with van der Waals surface area (Å²) >= 11 is 3.56. The van der Waals surface area contributed by atoms with E-state index in [-0.39, 0.29) is 0 Å². The molecule has 100 valence electrons. The van der Waals surface area contributed by atoms with Gasteiger partial charge in [-0.3, -0.25) is 0 Å². The zero-order chi connectivity index (χ0) is 13.0. The van der Waals surface area contributed by atoms with E-state index in [1.807, 2.05) is 12.1 Å². The van der Waals surface area contributed by atoms with Crippen LogP contribution in [0.4, 0.5) is 5.69 Å². The second-order valence-corrected chi connectivity index (χ2v) is 5.90. The number of likely N-dealkylation sites (N-methyl/N-ethyl adjacent to an activating group) is 1. The van der Waals surface area contributed by atoms with Crippen LogP contribution in [0.5, 0.6) is 0 Å². The molecule has 0 spiro atoms. The summed E-state index contributed by atoms with van der Waals surface area (Å²) in [4.78, 5) is 4.91. The van der Waals surface area contributed by atoms with E-state index < -0.39 is 0 Å². The van der Waals surface area contributed by atoms with Gasteiger partial charge in [0.25, 0.3) is 0 Å². The van der Waals surface area contributed by atoms with Crippen molar-refractivity contribution in [3.8, 4) is 0 Å². The number of hydrogen-bond donors (Lipinski definition) is 1. The van der Waals surface area contributed by atoms with E-state index in [1.165, 1.54) is 38.0 Å². The Morgan fingerprint density at radius 3 is 2.78 bits per heavy atom. The number of likely N-dealkylation sites (tertiary alicyclic amines) is 1. The van der Waals surface area contributed by atoms with E-state index >= 15 is 0 Å². The summed E-state index contributed by atoms with van der Waals surface area (Å²) < 4.78 is 1.04. The Labute approximate surface area is 118 Å². The van der Waals surface area contributed by atoms with Gasteiger partial charge in [0, 0.05) is 29.8 Å². The topological polar surface area (TPSA) is 32.5 Å². The molecule has 2 rings (SSSR count). The first kappa shape index (κ1) is 13.8. The normalized spacial score (nSPS) is 16.6. The van der Waals surface area contributed by atoms with Crippen molar-refractivity contribution in [1.82, 2.24) is 9.80 Å². The number of benzene rings is 1. The summed E-state index contributed by atoms with van der Waals surface area (Å²) in [6.07, 6.45) is 2.73. The highest BCUT2D eigenvalue weighted by molar-refractivity contribution is 9.10. The quantitative estimate of drug-likeness (QED) is 0.848. The van der Waals surface area contributed by atoms with Gasteiger partial charge in [-0.15, -0.1) is 0 Å². The second kappa shape index (κ2) is 6.55. The van der Waals surface area contributed by atoms with Crippen molar-refractivity contribution < 1.29 is 0 Å². The lowest BCUT2D eigenvalue weighted by Gasteiger charge is -2.22. The first-order valence-corrected chi connectivity index (χ1v) is 7.40. The molecule has 1 aromatic carbocycles. The van der Waals surface area contributed by atoms with Gasteiger partial charge in [0.05, 0.1) is 0 Å². The van der Waals surface area contributed by atoms with Gasteiger partial charge in [0.1, 0.15) is 0 Å². The molecule has 1 aromatic rings. The fourth-order valence-corrected chi connectivity index (χ4v) is 2.80. The minimum Gasteiger partial charge on any atom is -0.398 e. The molecule has 4 heteroatoms. The minimum atomic E-state index is 0.820. The van der Waals surface area contributed by atoms with Crippen LogP contribution in [0.3, 0.4) is 0 Å². The van der Waals surface area contributed by atoms with Crippen LogP contribution >= 0.6 is 15.9 Å². The summed E-state index contributed by atoms with van der Waals surface area (Å²) in [5.41, 5.74) is 7.98. The Morgan fingerprint density at radius 2 is 2.06 bits per heavy atom. The average molecular weight is 312 g/mol. The van der Waals surface area contributed by atoms with E-state index in [1.54, 1.807) is 0 Å². The molecule has 1 fully saturated rings. The Morgan fingerprint density at radius 1 is 1.33 bits per heavy atom. The van der Waals surface area contributed by atoms with Crippen LogP contribution in [-0.4, -0.2) is 43.0 Å². The van der Waals surface area contributed by atoms with Crippen molar-refractivity contribution in [3.63, 3.8) is 0 Å². The van der Waals surface area contributed by atoms with Crippen LogP contribution in [0.1, 0.15) is 18.4 Å². The highest BCUT2D eigenvalue weighted by atomic mass is 79.9. The third-order valence-electron chi connectivity index (χ3n) is 3.55. The maximum Gasteiger partial charge on any atom is 0.0461 e. The molecule has 1 saturated heterocycles. The van der Waals surface area contributed by atoms with Crippen LogP contribution in [0.15, 0.2) is 22.7 Å². The molecule has 0 radical (unpaired) electrons. The van der Waals surface area contributed by atoms with Gasteiger partial charge in [-0.2, -0.15) is 0 Å². The molecule has 3 nitrogen and oxygen atoms in total. The lowest BCUT2D eigenvalue weighted by atomic mass is 10.2. The molecule has 2 N–H and O–H groups in total. The predicted octanol–water partition coefficient (Wildman–Crippen LogP) is 2.56. The number of rotatable bonds is 5. The lowest BCUT2D eigenvalue weighted by molar-refractivity contribution is 0.252. The summed E-state index contributed by atoms with van der Waals surface area (Å²) in [7, 11) is 2.17. The number of nitrogen functional groups attached to an aromatic ring is 1.